The van der Waals surface area contributed by atoms with Crippen molar-refractivity contribution in [1.82, 2.24) is 0 Å². The zero-order valence-electron chi connectivity index (χ0n) is 16.6. The van der Waals surface area contributed by atoms with Gasteiger partial charge in [-0.2, -0.15) is 0 Å². The maximum absolute atomic E-state index is 13.5. The van der Waals surface area contributed by atoms with Crippen molar-refractivity contribution in [3.63, 3.8) is 0 Å². The Balaban J connectivity index is 1.95. The topological polar surface area (TPSA) is 44.8 Å². The van der Waals surface area contributed by atoms with Crippen molar-refractivity contribution >= 4 is 17.9 Å². The Labute approximate surface area is 168 Å². The SMILES string of the molecule is COc1cc(/C=C2\CCC/C(=C\c3ccc(F)c(F)c3)C2=O)cc(OC)c1OC. The fourth-order valence-corrected chi connectivity index (χ4v) is 3.37. The first-order valence-electron chi connectivity index (χ1n) is 9.17. The monoisotopic (exact) mass is 400 g/mol. The summed E-state index contributed by atoms with van der Waals surface area (Å²) in [7, 11) is 4.59. The third-order valence-corrected chi connectivity index (χ3v) is 4.79. The van der Waals surface area contributed by atoms with E-state index in [-0.39, 0.29) is 5.78 Å². The molecule has 3 rings (SSSR count). The van der Waals surface area contributed by atoms with Gasteiger partial charge in [0.15, 0.2) is 28.9 Å². The third kappa shape index (κ3) is 4.47. The van der Waals surface area contributed by atoms with Crippen molar-refractivity contribution in [2.75, 3.05) is 21.3 Å². The van der Waals surface area contributed by atoms with Crippen LogP contribution in [0, 0.1) is 11.6 Å². The van der Waals surface area contributed by atoms with E-state index in [0.29, 0.717) is 46.8 Å². The van der Waals surface area contributed by atoms with E-state index in [9.17, 15) is 13.6 Å². The van der Waals surface area contributed by atoms with Gasteiger partial charge in [0, 0.05) is 11.1 Å². The first kappa shape index (κ1) is 20.6. The largest absolute Gasteiger partial charge is 0.493 e. The van der Waals surface area contributed by atoms with Crippen LogP contribution in [0.25, 0.3) is 12.2 Å². The summed E-state index contributed by atoms with van der Waals surface area (Å²) in [5.74, 6) is -0.472. The van der Waals surface area contributed by atoms with Crippen molar-refractivity contribution in [2.24, 2.45) is 0 Å². The quantitative estimate of drug-likeness (QED) is 0.647. The maximum Gasteiger partial charge on any atom is 0.203 e. The minimum Gasteiger partial charge on any atom is -0.493 e. The summed E-state index contributed by atoms with van der Waals surface area (Å²) in [6.07, 6.45) is 5.42. The molecular weight excluding hydrogens is 378 g/mol. The Morgan fingerprint density at radius 3 is 1.90 bits per heavy atom. The van der Waals surface area contributed by atoms with Crippen LogP contribution in [0.3, 0.4) is 0 Å². The van der Waals surface area contributed by atoms with Gasteiger partial charge in [-0.25, -0.2) is 8.78 Å². The zero-order valence-corrected chi connectivity index (χ0v) is 16.6. The fourth-order valence-electron chi connectivity index (χ4n) is 3.37. The standard InChI is InChI=1S/C23H22F2O4/c1-27-20-12-15(13-21(28-2)23(20)29-3)10-17-6-4-5-16(22(17)26)9-14-7-8-18(24)19(25)11-14/h7-13H,4-6H2,1-3H3/b16-9+,17-10+. The molecule has 0 aromatic heterocycles. The van der Waals surface area contributed by atoms with Crippen LogP contribution in [0.15, 0.2) is 41.5 Å². The number of allylic oxidation sites excluding steroid dienone is 2. The molecule has 0 saturated heterocycles. The highest BCUT2D eigenvalue weighted by Gasteiger charge is 2.21. The predicted molar refractivity (Wildman–Crippen MR) is 107 cm³/mol. The average molecular weight is 400 g/mol. The summed E-state index contributed by atoms with van der Waals surface area (Å²) in [4.78, 5) is 12.9. The first-order valence-corrected chi connectivity index (χ1v) is 9.17. The Kier molecular flexibility index (Phi) is 6.32. The molecule has 0 amide bonds. The number of ether oxygens (including phenoxy) is 3. The third-order valence-electron chi connectivity index (χ3n) is 4.79. The van der Waals surface area contributed by atoms with Crippen LogP contribution in [0.2, 0.25) is 0 Å². The molecule has 6 heteroatoms. The Morgan fingerprint density at radius 2 is 1.38 bits per heavy atom. The zero-order chi connectivity index (χ0) is 21.0. The number of Topliss-reactive ketones (excluding diaryl/α,β-unsaturated/α-hetero) is 1. The minimum atomic E-state index is -0.934. The molecule has 0 heterocycles. The smallest absolute Gasteiger partial charge is 0.203 e. The normalized spacial score (nSPS) is 16.9. The van der Waals surface area contributed by atoms with Gasteiger partial charge in [-0.05, 0) is 66.8 Å². The molecule has 4 nitrogen and oxygen atoms in total. The second kappa shape index (κ2) is 8.90. The molecule has 0 atom stereocenters. The lowest BCUT2D eigenvalue weighted by molar-refractivity contribution is -0.112. The highest BCUT2D eigenvalue weighted by atomic mass is 19.2. The van der Waals surface area contributed by atoms with Gasteiger partial charge in [0.2, 0.25) is 5.75 Å². The molecule has 1 saturated carbocycles. The van der Waals surface area contributed by atoms with E-state index < -0.39 is 11.6 Å². The van der Waals surface area contributed by atoms with E-state index in [1.54, 1.807) is 24.3 Å². The van der Waals surface area contributed by atoms with Crippen molar-refractivity contribution in [3.05, 3.63) is 64.2 Å². The Bertz CT molecular complexity index is 967. The molecular formula is C23H22F2O4. The number of halogens is 2. The number of carbonyl (C=O) groups excluding carboxylic acids is 1. The van der Waals surface area contributed by atoms with Crippen LogP contribution in [0.1, 0.15) is 30.4 Å². The summed E-state index contributed by atoms with van der Waals surface area (Å²) in [6, 6.07) is 7.15. The highest BCUT2D eigenvalue weighted by Crippen LogP contribution is 2.39. The second-order valence-corrected chi connectivity index (χ2v) is 6.65. The Hall–Kier alpha value is -3.15. The number of hydrogen-bond acceptors (Lipinski definition) is 4. The van der Waals surface area contributed by atoms with E-state index in [2.05, 4.69) is 0 Å². The molecule has 0 spiro atoms. The van der Waals surface area contributed by atoms with Gasteiger partial charge in [0.05, 0.1) is 21.3 Å². The van der Waals surface area contributed by atoms with Crippen LogP contribution in [0.4, 0.5) is 8.78 Å². The van der Waals surface area contributed by atoms with Crippen molar-refractivity contribution < 1.29 is 27.8 Å². The van der Waals surface area contributed by atoms with Gasteiger partial charge in [0.25, 0.3) is 0 Å². The lowest BCUT2D eigenvalue weighted by atomic mass is 9.87. The van der Waals surface area contributed by atoms with Crippen molar-refractivity contribution in [2.45, 2.75) is 19.3 Å². The van der Waals surface area contributed by atoms with E-state index >= 15 is 0 Å². The van der Waals surface area contributed by atoms with Crippen LogP contribution in [0.5, 0.6) is 17.2 Å². The predicted octanol–water partition coefficient (Wildman–Crippen LogP) is 5.21. The van der Waals surface area contributed by atoms with E-state index in [1.165, 1.54) is 27.4 Å². The first-order chi connectivity index (χ1) is 14.0. The molecule has 152 valence electrons. The number of carbonyl (C=O) groups is 1. The van der Waals surface area contributed by atoms with Crippen molar-refractivity contribution in [3.8, 4) is 17.2 Å². The molecule has 2 aromatic carbocycles. The van der Waals surface area contributed by atoms with Gasteiger partial charge in [0.1, 0.15) is 0 Å². The number of ketones is 1. The summed E-state index contributed by atoms with van der Waals surface area (Å²) in [5, 5.41) is 0. The van der Waals surface area contributed by atoms with Crippen LogP contribution < -0.4 is 14.2 Å². The van der Waals surface area contributed by atoms with E-state index in [4.69, 9.17) is 14.2 Å². The molecule has 2 aromatic rings. The molecule has 0 N–H and O–H groups in total. The molecule has 1 aliphatic rings. The number of rotatable bonds is 5. The number of hydrogen-bond donors (Lipinski definition) is 0. The summed E-state index contributed by atoms with van der Waals surface area (Å²) >= 11 is 0. The molecule has 0 aliphatic heterocycles. The fraction of sp³-hybridized carbons (Fsp3) is 0.261. The van der Waals surface area contributed by atoms with Crippen LogP contribution in [-0.4, -0.2) is 27.1 Å². The lowest BCUT2D eigenvalue weighted by Crippen LogP contribution is -2.12. The van der Waals surface area contributed by atoms with Crippen LogP contribution >= 0.6 is 0 Å². The molecule has 0 bridgehead atoms. The molecule has 29 heavy (non-hydrogen) atoms. The average Bonchev–Trinajstić information content (AvgIpc) is 2.72. The van der Waals surface area contributed by atoms with Gasteiger partial charge in [-0.15, -0.1) is 0 Å². The summed E-state index contributed by atoms with van der Waals surface area (Å²) in [6.45, 7) is 0. The molecule has 0 radical (unpaired) electrons. The van der Waals surface area contributed by atoms with Gasteiger partial charge >= 0.3 is 0 Å². The molecule has 0 unspecified atom stereocenters. The Morgan fingerprint density at radius 1 is 0.793 bits per heavy atom. The van der Waals surface area contributed by atoms with Crippen LogP contribution in [-0.2, 0) is 4.79 Å². The van der Waals surface area contributed by atoms with Gasteiger partial charge in [-0.3, -0.25) is 4.79 Å². The number of methoxy groups -OCH3 is 3. The number of benzene rings is 2. The maximum atomic E-state index is 13.5. The van der Waals surface area contributed by atoms with Gasteiger partial charge in [-0.1, -0.05) is 6.07 Å². The second-order valence-electron chi connectivity index (χ2n) is 6.65. The molecule has 1 aliphatic carbocycles. The minimum absolute atomic E-state index is 0.102. The highest BCUT2D eigenvalue weighted by molar-refractivity contribution is 6.14. The molecule has 1 fully saturated rings. The van der Waals surface area contributed by atoms with Gasteiger partial charge < -0.3 is 14.2 Å². The van der Waals surface area contributed by atoms with Crippen molar-refractivity contribution in [1.29, 1.82) is 0 Å². The lowest BCUT2D eigenvalue weighted by Gasteiger charge is -2.17. The summed E-state index contributed by atoms with van der Waals surface area (Å²) < 4.78 is 42.6. The van der Waals surface area contributed by atoms with E-state index in [0.717, 1.165) is 24.1 Å². The van der Waals surface area contributed by atoms with E-state index in [1.807, 2.05) is 0 Å². The summed E-state index contributed by atoms with van der Waals surface area (Å²) in [5.41, 5.74) is 2.42.